The predicted molar refractivity (Wildman–Crippen MR) is 89.8 cm³/mol. The van der Waals surface area contributed by atoms with E-state index in [2.05, 4.69) is 15.3 Å². The van der Waals surface area contributed by atoms with Crippen LogP contribution in [0.4, 0.5) is 5.69 Å². The maximum Gasteiger partial charge on any atom is 0.275 e. The number of carbonyl (C=O) groups excluding carboxylic acids is 1. The molecule has 22 heavy (non-hydrogen) atoms. The number of amides is 1. The summed E-state index contributed by atoms with van der Waals surface area (Å²) >= 11 is 13.5. The summed E-state index contributed by atoms with van der Waals surface area (Å²) in [6.07, 6.45) is 3.36. The maximum absolute atomic E-state index is 12.3. The van der Waals surface area contributed by atoms with Crippen molar-refractivity contribution in [3.8, 4) is 10.6 Å². The Morgan fingerprint density at radius 2 is 1.77 bits per heavy atom. The standard InChI is InChI=1S/C15H9Cl2N3OS/c16-10-2-1-3-11(17)13(10)20-14(21)12-8-22-15(19-12)9-4-6-18-7-5-9/h1-8H,(H,20,21). The number of aromatic nitrogens is 2. The molecule has 0 saturated carbocycles. The van der Waals surface area contributed by atoms with Crippen LogP contribution in [0.25, 0.3) is 10.6 Å². The van der Waals surface area contributed by atoms with Crippen LogP contribution in [0.3, 0.4) is 0 Å². The first-order valence-electron chi connectivity index (χ1n) is 6.26. The number of pyridine rings is 1. The fourth-order valence-corrected chi connectivity index (χ4v) is 3.10. The molecule has 3 aromatic rings. The minimum atomic E-state index is -0.355. The van der Waals surface area contributed by atoms with E-state index in [1.807, 2.05) is 12.1 Å². The summed E-state index contributed by atoms with van der Waals surface area (Å²) in [5, 5.41) is 5.89. The van der Waals surface area contributed by atoms with Crippen LogP contribution in [0.2, 0.25) is 10.0 Å². The quantitative estimate of drug-likeness (QED) is 0.741. The lowest BCUT2D eigenvalue weighted by atomic mass is 10.3. The zero-order chi connectivity index (χ0) is 15.5. The van der Waals surface area contributed by atoms with Crippen molar-refractivity contribution in [2.45, 2.75) is 0 Å². The van der Waals surface area contributed by atoms with Gasteiger partial charge >= 0.3 is 0 Å². The average molecular weight is 350 g/mol. The summed E-state index contributed by atoms with van der Waals surface area (Å²) in [5.41, 5.74) is 1.61. The van der Waals surface area contributed by atoms with Gasteiger partial charge in [-0.25, -0.2) is 4.98 Å². The summed E-state index contributed by atoms with van der Waals surface area (Å²) in [6.45, 7) is 0. The SMILES string of the molecule is O=C(Nc1c(Cl)cccc1Cl)c1csc(-c2ccncc2)n1. The number of halogens is 2. The summed E-state index contributed by atoms with van der Waals surface area (Å²) in [6, 6.07) is 8.71. The molecule has 1 N–H and O–H groups in total. The molecule has 0 bridgehead atoms. The zero-order valence-electron chi connectivity index (χ0n) is 11.1. The van der Waals surface area contributed by atoms with Crippen molar-refractivity contribution < 1.29 is 4.79 Å². The topological polar surface area (TPSA) is 54.9 Å². The highest BCUT2D eigenvalue weighted by Crippen LogP contribution is 2.30. The van der Waals surface area contributed by atoms with Gasteiger partial charge in [0.25, 0.3) is 5.91 Å². The van der Waals surface area contributed by atoms with Crippen LogP contribution in [-0.4, -0.2) is 15.9 Å². The van der Waals surface area contributed by atoms with Crippen LogP contribution in [-0.2, 0) is 0 Å². The normalized spacial score (nSPS) is 10.5. The minimum Gasteiger partial charge on any atom is -0.318 e. The molecule has 2 aromatic heterocycles. The molecule has 1 aromatic carbocycles. The second-order valence-corrected chi connectivity index (χ2v) is 6.00. The number of para-hydroxylation sites is 1. The third-order valence-electron chi connectivity index (χ3n) is 2.87. The van der Waals surface area contributed by atoms with Crippen LogP contribution in [0, 0.1) is 0 Å². The lowest BCUT2D eigenvalue weighted by Gasteiger charge is -2.07. The van der Waals surface area contributed by atoms with Crippen molar-refractivity contribution in [1.82, 2.24) is 9.97 Å². The highest BCUT2D eigenvalue weighted by molar-refractivity contribution is 7.13. The van der Waals surface area contributed by atoms with Gasteiger partial charge in [0.05, 0.1) is 15.7 Å². The number of rotatable bonds is 3. The Hall–Kier alpha value is -1.95. The van der Waals surface area contributed by atoms with Crippen LogP contribution >= 0.6 is 34.5 Å². The molecular weight excluding hydrogens is 341 g/mol. The van der Waals surface area contributed by atoms with E-state index in [0.29, 0.717) is 21.4 Å². The first-order valence-corrected chi connectivity index (χ1v) is 7.90. The van der Waals surface area contributed by atoms with Gasteiger partial charge in [-0.1, -0.05) is 29.3 Å². The highest BCUT2D eigenvalue weighted by atomic mass is 35.5. The average Bonchev–Trinajstić information content (AvgIpc) is 3.02. The van der Waals surface area contributed by atoms with Gasteiger partial charge in [-0.15, -0.1) is 11.3 Å². The lowest BCUT2D eigenvalue weighted by molar-refractivity contribution is 0.102. The van der Waals surface area contributed by atoms with Gasteiger partial charge in [-0.3, -0.25) is 9.78 Å². The Morgan fingerprint density at radius 3 is 2.45 bits per heavy atom. The van der Waals surface area contributed by atoms with Gasteiger partial charge in [0, 0.05) is 23.3 Å². The third-order valence-corrected chi connectivity index (χ3v) is 4.39. The first kappa shape index (κ1) is 15.0. The number of carbonyl (C=O) groups is 1. The Bertz CT molecular complexity index is 800. The molecule has 2 heterocycles. The number of hydrogen-bond donors (Lipinski definition) is 1. The zero-order valence-corrected chi connectivity index (χ0v) is 13.4. The van der Waals surface area contributed by atoms with E-state index in [4.69, 9.17) is 23.2 Å². The summed E-state index contributed by atoms with van der Waals surface area (Å²) in [7, 11) is 0. The third kappa shape index (κ3) is 3.11. The molecule has 0 radical (unpaired) electrons. The van der Waals surface area contributed by atoms with Crippen molar-refractivity contribution in [3.05, 3.63) is 63.8 Å². The van der Waals surface area contributed by atoms with E-state index in [1.165, 1.54) is 11.3 Å². The second kappa shape index (κ2) is 6.44. The van der Waals surface area contributed by atoms with Gasteiger partial charge in [0.1, 0.15) is 10.7 Å². The molecule has 0 aliphatic rings. The maximum atomic E-state index is 12.3. The molecule has 0 spiro atoms. The molecule has 0 unspecified atom stereocenters. The second-order valence-electron chi connectivity index (χ2n) is 4.32. The van der Waals surface area contributed by atoms with Crippen LogP contribution in [0.5, 0.6) is 0 Å². The largest absolute Gasteiger partial charge is 0.318 e. The number of anilines is 1. The van der Waals surface area contributed by atoms with Crippen molar-refractivity contribution >= 4 is 46.1 Å². The molecule has 3 rings (SSSR count). The van der Waals surface area contributed by atoms with Crippen molar-refractivity contribution in [1.29, 1.82) is 0 Å². The van der Waals surface area contributed by atoms with E-state index in [0.717, 1.165) is 10.6 Å². The number of benzene rings is 1. The Balaban J connectivity index is 1.83. The Labute approximate surface area is 140 Å². The Morgan fingerprint density at radius 1 is 1.09 bits per heavy atom. The number of thiazole rings is 1. The van der Waals surface area contributed by atoms with Crippen LogP contribution < -0.4 is 5.32 Å². The fraction of sp³-hybridized carbons (Fsp3) is 0. The number of nitrogens with zero attached hydrogens (tertiary/aromatic N) is 2. The summed E-state index contributed by atoms with van der Waals surface area (Å²) < 4.78 is 0. The van der Waals surface area contributed by atoms with Crippen LogP contribution in [0.1, 0.15) is 10.5 Å². The van der Waals surface area contributed by atoms with Gasteiger partial charge in [0.2, 0.25) is 0 Å². The van der Waals surface area contributed by atoms with Gasteiger partial charge in [0.15, 0.2) is 0 Å². The first-order chi connectivity index (χ1) is 10.6. The number of hydrogen-bond acceptors (Lipinski definition) is 4. The van der Waals surface area contributed by atoms with Crippen molar-refractivity contribution in [2.24, 2.45) is 0 Å². The minimum absolute atomic E-state index is 0.313. The molecular formula is C15H9Cl2N3OS. The molecule has 0 saturated heterocycles. The van der Waals surface area contributed by atoms with Gasteiger partial charge < -0.3 is 5.32 Å². The van der Waals surface area contributed by atoms with Crippen molar-refractivity contribution in [3.63, 3.8) is 0 Å². The molecule has 0 aliphatic heterocycles. The molecule has 0 aliphatic carbocycles. The fourth-order valence-electron chi connectivity index (χ4n) is 1.80. The van der Waals surface area contributed by atoms with E-state index in [-0.39, 0.29) is 5.91 Å². The molecule has 0 atom stereocenters. The van der Waals surface area contributed by atoms with Gasteiger partial charge in [-0.05, 0) is 24.3 Å². The van der Waals surface area contributed by atoms with E-state index in [9.17, 15) is 4.79 Å². The smallest absolute Gasteiger partial charge is 0.275 e. The molecule has 4 nitrogen and oxygen atoms in total. The van der Waals surface area contributed by atoms with E-state index >= 15 is 0 Å². The highest BCUT2D eigenvalue weighted by Gasteiger charge is 2.15. The summed E-state index contributed by atoms with van der Waals surface area (Å²) in [4.78, 5) is 20.6. The Kier molecular flexibility index (Phi) is 4.38. The molecule has 7 heteroatoms. The van der Waals surface area contributed by atoms with Crippen LogP contribution in [0.15, 0.2) is 48.1 Å². The molecule has 110 valence electrons. The molecule has 0 fully saturated rings. The van der Waals surface area contributed by atoms with E-state index < -0.39 is 0 Å². The molecule has 1 amide bonds. The van der Waals surface area contributed by atoms with Crippen molar-refractivity contribution in [2.75, 3.05) is 5.32 Å². The summed E-state index contributed by atoms with van der Waals surface area (Å²) in [5.74, 6) is -0.355. The monoisotopic (exact) mass is 349 g/mol. The number of nitrogens with one attached hydrogen (secondary N) is 1. The predicted octanol–water partition coefficient (Wildman–Crippen LogP) is 4.76. The van der Waals surface area contributed by atoms with E-state index in [1.54, 1.807) is 36.0 Å². The lowest BCUT2D eigenvalue weighted by Crippen LogP contribution is -2.13. The van der Waals surface area contributed by atoms with Gasteiger partial charge in [-0.2, -0.15) is 0 Å².